The van der Waals surface area contributed by atoms with E-state index in [4.69, 9.17) is 11.6 Å². The van der Waals surface area contributed by atoms with Gasteiger partial charge < -0.3 is 0 Å². The normalized spacial score (nSPS) is 24.0. The first-order valence-corrected chi connectivity index (χ1v) is 12.4. The van der Waals surface area contributed by atoms with Crippen molar-refractivity contribution < 1.29 is 4.39 Å². The zero-order chi connectivity index (χ0) is 21.8. The molecule has 1 fully saturated rings. The fourth-order valence-corrected chi connectivity index (χ4v) is 5.75. The lowest BCUT2D eigenvalue weighted by atomic mass is 9.77. The molecule has 0 radical (unpaired) electrons. The first-order valence-electron chi connectivity index (χ1n) is 12.0. The summed E-state index contributed by atoms with van der Waals surface area (Å²) in [7, 11) is 0. The molecule has 0 aliphatic heterocycles. The molecule has 2 aromatic rings. The van der Waals surface area contributed by atoms with Crippen molar-refractivity contribution in [1.82, 2.24) is 0 Å². The highest BCUT2D eigenvalue weighted by Gasteiger charge is 2.25. The highest BCUT2D eigenvalue weighted by molar-refractivity contribution is 6.33. The maximum absolute atomic E-state index is 15.3. The minimum absolute atomic E-state index is 0.215. The molecule has 31 heavy (non-hydrogen) atoms. The third-order valence-electron chi connectivity index (χ3n) is 7.45. The van der Waals surface area contributed by atoms with Gasteiger partial charge in [0.25, 0.3) is 0 Å². The Hall–Kier alpha value is -1.86. The third-order valence-corrected chi connectivity index (χ3v) is 7.82. The van der Waals surface area contributed by atoms with Crippen LogP contribution in [0.25, 0.3) is 16.7 Å². The summed E-state index contributed by atoms with van der Waals surface area (Å²) in [5.74, 6) is 1.51. The van der Waals surface area contributed by atoms with Crippen LogP contribution in [0.5, 0.6) is 0 Å². The van der Waals surface area contributed by atoms with E-state index in [1.165, 1.54) is 36.8 Å². The Bertz CT molecular complexity index is 932. The molecule has 4 rings (SSSR count). The molecule has 1 atom stereocenters. The zero-order valence-electron chi connectivity index (χ0n) is 18.7. The minimum Gasteiger partial charge on any atom is -0.205 e. The SMILES string of the molecule is C=CC1CC=C(c2ccc(-c3ccc(C4CCC(CCC)CC4)c(F)c3Cl)cc2)CC1. The predicted octanol–water partition coefficient (Wildman–Crippen LogP) is 9.59. The first-order chi connectivity index (χ1) is 15.1. The average molecular weight is 437 g/mol. The second-order valence-electron chi connectivity index (χ2n) is 9.41. The van der Waals surface area contributed by atoms with Gasteiger partial charge in [-0.1, -0.05) is 79.9 Å². The minimum atomic E-state index is -0.215. The van der Waals surface area contributed by atoms with Crippen LogP contribution in [0.3, 0.4) is 0 Å². The smallest absolute Gasteiger partial charge is 0.145 e. The fourth-order valence-electron chi connectivity index (χ4n) is 5.47. The van der Waals surface area contributed by atoms with Gasteiger partial charge in [0, 0.05) is 5.56 Å². The van der Waals surface area contributed by atoms with E-state index in [0.29, 0.717) is 11.8 Å². The van der Waals surface area contributed by atoms with Crippen molar-refractivity contribution in [2.24, 2.45) is 11.8 Å². The average Bonchev–Trinajstić information content (AvgIpc) is 2.82. The van der Waals surface area contributed by atoms with Crippen LogP contribution in [-0.4, -0.2) is 0 Å². The van der Waals surface area contributed by atoms with Crippen LogP contribution in [0.4, 0.5) is 4.39 Å². The Balaban J connectivity index is 1.50. The molecule has 164 valence electrons. The van der Waals surface area contributed by atoms with Gasteiger partial charge >= 0.3 is 0 Å². The highest BCUT2D eigenvalue weighted by Crippen LogP contribution is 2.42. The molecule has 2 aliphatic rings. The topological polar surface area (TPSA) is 0 Å². The Kier molecular flexibility index (Phi) is 7.33. The summed E-state index contributed by atoms with van der Waals surface area (Å²) in [5.41, 5.74) is 5.23. The maximum Gasteiger partial charge on any atom is 0.145 e. The molecule has 0 N–H and O–H groups in total. The zero-order valence-corrected chi connectivity index (χ0v) is 19.4. The monoisotopic (exact) mass is 436 g/mol. The van der Waals surface area contributed by atoms with Gasteiger partial charge in [-0.2, -0.15) is 0 Å². The van der Waals surface area contributed by atoms with Crippen molar-refractivity contribution in [3.8, 4) is 11.1 Å². The number of benzene rings is 2. The van der Waals surface area contributed by atoms with Crippen molar-refractivity contribution in [2.75, 3.05) is 0 Å². The Labute approximate surface area is 192 Å². The van der Waals surface area contributed by atoms with Gasteiger partial charge in [-0.15, -0.1) is 6.58 Å². The molecule has 0 bridgehead atoms. The van der Waals surface area contributed by atoms with Crippen LogP contribution < -0.4 is 0 Å². The Morgan fingerprint density at radius 3 is 2.32 bits per heavy atom. The summed E-state index contributed by atoms with van der Waals surface area (Å²) in [4.78, 5) is 0. The lowest BCUT2D eigenvalue weighted by molar-refractivity contribution is 0.304. The Morgan fingerprint density at radius 2 is 1.71 bits per heavy atom. The summed E-state index contributed by atoms with van der Waals surface area (Å²) >= 11 is 6.56. The summed E-state index contributed by atoms with van der Waals surface area (Å²) < 4.78 is 15.3. The molecular weight excluding hydrogens is 403 g/mol. The van der Waals surface area contributed by atoms with E-state index in [1.54, 1.807) is 0 Å². The number of allylic oxidation sites excluding steroid dienone is 3. The van der Waals surface area contributed by atoms with Crippen LogP contribution in [0.1, 0.15) is 81.8 Å². The van der Waals surface area contributed by atoms with Crippen molar-refractivity contribution >= 4 is 17.2 Å². The van der Waals surface area contributed by atoms with Crippen LogP contribution >= 0.6 is 11.6 Å². The van der Waals surface area contributed by atoms with E-state index in [2.05, 4.69) is 49.9 Å². The van der Waals surface area contributed by atoms with Gasteiger partial charge in [0.15, 0.2) is 0 Å². The Morgan fingerprint density at radius 1 is 1.00 bits per heavy atom. The van der Waals surface area contributed by atoms with Gasteiger partial charge in [-0.25, -0.2) is 4.39 Å². The third kappa shape index (κ3) is 4.98. The highest BCUT2D eigenvalue weighted by atomic mass is 35.5. The summed E-state index contributed by atoms with van der Waals surface area (Å²) in [5, 5.41) is 0.270. The quantitative estimate of drug-likeness (QED) is 0.395. The fraction of sp³-hybridized carbons (Fsp3) is 0.448. The lowest BCUT2D eigenvalue weighted by Gasteiger charge is -2.29. The molecule has 0 aromatic heterocycles. The molecule has 2 heteroatoms. The summed E-state index contributed by atoms with van der Waals surface area (Å²) in [6.07, 6.45) is 14.8. The van der Waals surface area contributed by atoms with Crippen molar-refractivity contribution in [3.63, 3.8) is 0 Å². The van der Waals surface area contributed by atoms with E-state index in [-0.39, 0.29) is 10.8 Å². The molecule has 1 saturated carbocycles. The van der Waals surface area contributed by atoms with Gasteiger partial charge in [-0.05, 0) is 85.0 Å². The number of hydrogen-bond acceptors (Lipinski definition) is 0. The van der Waals surface area contributed by atoms with Crippen LogP contribution in [0, 0.1) is 17.7 Å². The largest absolute Gasteiger partial charge is 0.205 e. The number of rotatable bonds is 6. The number of hydrogen-bond donors (Lipinski definition) is 0. The van der Waals surface area contributed by atoms with Crippen molar-refractivity contribution in [3.05, 3.63) is 77.1 Å². The van der Waals surface area contributed by atoms with E-state index in [0.717, 1.165) is 54.7 Å². The van der Waals surface area contributed by atoms with Crippen LogP contribution in [0.2, 0.25) is 5.02 Å². The van der Waals surface area contributed by atoms with E-state index < -0.39 is 0 Å². The van der Waals surface area contributed by atoms with E-state index in [1.807, 2.05) is 12.1 Å². The summed E-state index contributed by atoms with van der Waals surface area (Å²) in [6.45, 7) is 6.17. The second kappa shape index (κ2) is 10.2. The molecule has 2 aromatic carbocycles. The van der Waals surface area contributed by atoms with Crippen LogP contribution in [-0.2, 0) is 0 Å². The van der Waals surface area contributed by atoms with Gasteiger partial charge in [0.1, 0.15) is 5.82 Å². The molecule has 0 amide bonds. The number of halogens is 2. The molecule has 0 spiro atoms. The molecule has 1 unspecified atom stereocenters. The summed E-state index contributed by atoms with van der Waals surface area (Å²) in [6, 6.07) is 12.4. The maximum atomic E-state index is 15.3. The van der Waals surface area contributed by atoms with Crippen molar-refractivity contribution in [2.45, 2.75) is 70.6 Å². The lowest BCUT2D eigenvalue weighted by Crippen LogP contribution is -2.14. The second-order valence-corrected chi connectivity index (χ2v) is 9.79. The molecule has 0 heterocycles. The van der Waals surface area contributed by atoms with Gasteiger partial charge in [0.2, 0.25) is 0 Å². The van der Waals surface area contributed by atoms with Crippen molar-refractivity contribution in [1.29, 1.82) is 0 Å². The first kappa shape index (κ1) is 22.3. The molecular formula is C29H34ClF. The van der Waals surface area contributed by atoms with Crippen LogP contribution in [0.15, 0.2) is 55.1 Å². The molecule has 0 saturated heterocycles. The molecule has 0 nitrogen and oxygen atoms in total. The van der Waals surface area contributed by atoms with E-state index in [9.17, 15) is 0 Å². The van der Waals surface area contributed by atoms with Gasteiger partial charge in [-0.3, -0.25) is 0 Å². The standard InChI is InChI=1S/C29H34ClF/c1-3-5-21-8-12-25(13-9-21)27-19-18-26(28(30)29(27)31)24-16-14-23(15-17-24)22-10-6-20(4-2)7-11-22/h4,10,14-21,25H,2-3,5-9,11-13H2,1H3. The van der Waals surface area contributed by atoms with Gasteiger partial charge in [0.05, 0.1) is 5.02 Å². The van der Waals surface area contributed by atoms with E-state index >= 15 is 4.39 Å². The predicted molar refractivity (Wildman–Crippen MR) is 132 cm³/mol. The molecule has 2 aliphatic carbocycles.